The van der Waals surface area contributed by atoms with E-state index in [0.29, 0.717) is 5.92 Å². The minimum Gasteiger partial charge on any atom is -0.258 e. The molecule has 0 bridgehead atoms. The van der Waals surface area contributed by atoms with Crippen molar-refractivity contribution < 1.29 is 4.92 Å². The van der Waals surface area contributed by atoms with Gasteiger partial charge in [0.1, 0.15) is 0 Å². The zero-order valence-corrected chi connectivity index (χ0v) is 9.39. The van der Waals surface area contributed by atoms with Crippen LogP contribution in [-0.4, -0.2) is 4.92 Å². The van der Waals surface area contributed by atoms with Crippen molar-refractivity contribution in [2.75, 3.05) is 0 Å². The van der Waals surface area contributed by atoms with Gasteiger partial charge in [0.25, 0.3) is 5.69 Å². The molecule has 16 heavy (non-hydrogen) atoms. The van der Waals surface area contributed by atoms with Gasteiger partial charge in [-0.3, -0.25) is 10.1 Å². The summed E-state index contributed by atoms with van der Waals surface area (Å²) in [5.41, 5.74) is 1.19. The van der Waals surface area contributed by atoms with Crippen LogP contribution in [0.3, 0.4) is 0 Å². The van der Waals surface area contributed by atoms with E-state index in [9.17, 15) is 10.1 Å². The van der Waals surface area contributed by atoms with Crippen molar-refractivity contribution in [1.82, 2.24) is 0 Å². The number of nitrogens with zero attached hydrogens (tertiary/aromatic N) is 1. The average molecular weight is 219 g/mol. The molecule has 0 radical (unpaired) electrons. The highest BCUT2D eigenvalue weighted by Gasteiger charge is 2.19. The van der Waals surface area contributed by atoms with Crippen LogP contribution in [0.1, 0.15) is 37.7 Å². The van der Waals surface area contributed by atoms with Gasteiger partial charge in [-0.2, -0.15) is 0 Å². The number of hydrogen-bond donors (Lipinski definition) is 0. The molecule has 1 aromatic carbocycles. The van der Waals surface area contributed by atoms with Gasteiger partial charge >= 0.3 is 0 Å². The molecule has 1 aliphatic carbocycles. The SMILES string of the molecule is O=[N+]([O-])c1ccccc1CC1CCCCC1. The lowest BCUT2D eigenvalue weighted by Crippen LogP contribution is -2.10. The predicted molar refractivity (Wildman–Crippen MR) is 63.4 cm³/mol. The Morgan fingerprint density at radius 3 is 2.56 bits per heavy atom. The summed E-state index contributed by atoms with van der Waals surface area (Å²) < 4.78 is 0. The summed E-state index contributed by atoms with van der Waals surface area (Å²) in [5, 5.41) is 10.9. The summed E-state index contributed by atoms with van der Waals surface area (Å²) in [6.07, 6.45) is 7.22. The van der Waals surface area contributed by atoms with Gasteiger partial charge in [0.15, 0.2) is 0 Å². The van der Waals surface area contributed by atoms with Crippen LogP contribution >= 0.6 is 0 Å². The Kier molecular flexibility index (Phi) is 3.54. The van der Waals surface area contributed by atoms with Gasteiger partial charge in [0.05, 0.1) is 4.92 Å². The Morgan fingerprint density at radius 2 is 1.88 bits per heavy atom. The number of benzene rings is 1. The van der Waals surface area contributed by atoms with Gasteiger partial charge in [-0.05, 0) is 12.3 Å². The third-order valence-electron chi connectivity index (χ3n) is 3.42. The van der Waals surface area contributed by atoms with Crippen LogP contribution in [0.4, 0.5) is 5.69 Å². The largest absolute Gasteiger partial charge is 0.272 e. The summed E-state index contributed by atoms with van der Waals surface area (Å²) >= 11 is 0. The monoisotopic (exact) mass is 219 g/mol. The van der Waals surface area contributed by atoms with Crippen LogP contribution < -0.4 is 0 Å². The lowest BCUT2D eigenvalue weighted by molar-refractivity contribution is -0.385. The molecule has 0 spiro atoms. The van der Waals surface area contributed by atoms with E-state index < -0.39 is 0 Å². The maximum atomic E-state index is 10.9. The minimum atomic E-state index is -0.266. The smallest absolute Gasteiger partial charge is 0.258 e. The van der Waals surface area contributed by atoms with Crippen molar-refractivity contribution in [2.45, 2.75) is 38.5 Å². The van der Waals surface area contributed by atoms with Crippen molar-refractivity contribution in [3.63, 3.8) is 0 Å². The molecule has 0 N–H and O–H groups in total. The molecule has 1 saturated carbocycles. The zero-order valence-electron chi connectivity index (χ0n) is 9.39. The van der Waals surface area contributed by atoms with Crippen molar-refractivity contribution >= 4 is 5.69 Å². The normalized spacial score (nSPS) is 17.2. The molecule has 86 valence electrons. The number of hydrogen-bond acceptors (Lipinski definition) is 2. The quantitative estimate of drug-likeness (QED) is 0.574. The molecule has 2 rings (SSSR count). The maximum absolute atomic E-state index is 10.9. The molecular formula is C13H17NO2. The molecule has 1 fully saturated rings. The van der Waals surface area contributed by atoms with Gasteiger partial charge in [-0.25, -0.2) is 0 Å². The number of para-hydroxylation sites is 1. The molecule has 0 heterocycles. The Bertz CT molecular complexity index is 370. The van der Waals surface area contributed by atoms with E-state index >= 15 is 0 Å². The molecule has 3 nitrogen and oxygen atoms in total. The summed E-state index contributed by atoms with van der Waals surface area (Å²) in [6.45, 7) is 0. The summed E-state index contributed by atoms with van der Waals surface area (Å²) in [5.74, 6) is 0.648. The van der Waals surface area contributed by atoms with Crippen molar-refractivity contribution in [2.24, 2.45) is 5.92 Å². The molecule has 0 saturated heterocycles. The molecule has 0 unspecified atom stereocenters. The minimum absolute atomic E-state index is 0.266. The van der Waals surface area contributed by atoms with E-state index in [2.05, 4.69) is 0 Å². The molecule has 0 atom stereocenters. The highest BCUT2D eigenvalue weighted by molar-refractivity contribution is 5.40. The first-order valence-electron chi connectivity index (χ1n) is 5.99. The maximum Gasteiger partial charge on any atom is 0.272 e. The fraction of sp³-hybridized carbons (Fsp3) is 0.538. The first-order chi connectivity index (χ1) is 7.77. The summed E-state index contributed by atoms with van der Waals surface area (Å²) in [7, 11) is 0. The number of nitro groups is 1. The Hall–Kier alpha value is -1.38. The molecule has 1 aromatic rings. The second kappa shape index (κ2) is 5.10. The summed E-state index contributed by atoms with van der Waals surface area (Å²) in [6, 6.07) is 7.14. The van der Waals surface area contributed by atoms with Gasteiger partial charge in [0, 0.05) is 11.6 Å². The number of rotatable bonds is 3. The lowest BCUT2D eigenvalue weighted by atomic mass is 9.84. The van der Waals surface area contributed by atoms with E-state index in [1.165, 1.54) is 32.1 Å². The van der Waals surface area contributed by atoms with Crippen LogP contribution in [0.5, 0.6) is 0 Å². The number of nitro benzene ring substituents is 1. The first kappa shape index (κ1) is 11.1. The fourth-order valence-corrected chi connectivity index (χ4v) is 2.56. The Labute approximate surface area is 95.6 Å². The lowest BCUT2D eigenvalue weighted by Gasteiger charge is -2.21. The van der Waals surface area contributed by atoms with Crippen LogP contribution in [0, 0.1) is 16.0 Å². The molecule has 0 aliphatic heterocycles. The van der Waals surface area contributed by atoms with Crippen LogP contribution in [0.25, 0.3) is 0 Å². The Morgan fingerprint density at radius 1 is 1.19 bits per heavy atom. The molecule has 0 aromatic heterocycles. The molecule has 1 aliphatic rings. The third kappa shape index (κ3) is 2.60. The second-order valence-electron chi connectivity index (χ2n) is 4.59. The van der Waals surface area contributed by atoms with E-state index in [1.807, 2.05) is 12.1 Å². The van der Waals surface area contributed by atoms with Crippen molar-refractivity contribution in [3.8, 4) is 0 Å². The zero-order chi connectivity index (χ0) is 11.4. The van der Waals surface area contributed by atoms with E-state index in [0.717, 1.165) is 12.0 Å². The topological polar surface area (TPSA) is 43.1 Å². The molecular weight excluding hydrogens is 202 g/mol. The van der Waals surface area contributed by atoms with E-state index in [4.69, 9.17) is 0 Å². The van der Waals surface area contributed by atoms with Crippen LogP contribution in [-0.2, 0) is 6.42 Å². The predicted octanol–water partition coefficient (Wildman–Crippen LogP) is 3.72. The van der Waals surface area contributed by atoms with Gasteiger partial charge < -0.3 is 0 Å². The first-order valence-corrected chi connectivity index (χ1v) is 5.99. The molecule has 0 amide bonds. The van der Waals surface area contributed by atoms with E-state index in [-0.39, 0.29) is 10.6 Å². The van der Waals surface area contributed by atoms with Gasteiger partial charge in [0.2, 0.25) is 0 Å². The van der Waals surface area contributed by atoms with Crippen molar-refractivity contribution in [1.29, 1.82) is 0 Å². The van der Waals surface area contributed by atoms with Crippen LogP contribution in [0.2, 0.25) is 0 Å². The fourth-order valence-electron chi connectivity index (χ4n) is 2.56. The third-order valence-corrected chi connectivity index (χ3v) is 3.42. The standard InChI is InChI=1S/C13H17NO2/c15-14(16)13-9-5-4-8-12(13)10-11-6-2-1-3-7-11/h4-5,8-9,11H,1-3,6-7,10H2. The van der Waals surface area contributed by atoms with Crippen molar-refractivity contribution in [3.05, 3.63) is 39.9 Å². The second-order valence-corrected chi connectivity index (χ2v) is 4.59. The van der Waals surface area contributed by atoms with Gasteiger partial charge in [-0.1, -0.05) is 50.3 Å². The molecule has 3 heteroatoms. The Balaban J connectivity index is 2.10. The average Bonchev–Trinajstić information content (AvgIpc) is 2.31. The highest BCUT2D eigenvalue weighted by Crippen LogP contribution is 2.29. The summed E-state index contributed by atoms with van der Waals surface area (Å²) in [4.78, 5) is 10.6. The van der Waals surface area contributed by atoms with Gasteiger partial charge in [-0.15, -0.1) is 0 Å². The highest BCUT2D eigenvalue weighted by atomic mass is 16.6. The van der Waals surface area contributed by atoms with Crippen LogP contribution in [0.15, 0.2) is 24.3 Å². The van der Waals surface area contributed by atoms with E-state index in [1.54, 1.807) is 12.1 Å².